The van der Waals surface area contributed by atoms with Crippen LogP contribution in [0.15, 0.2) is 0 Å². The first-order valence-electron chi connectivity index (χ1n) is 16.4. The van der Waals surface area contributed by atoms with E-state index in [1.807, 2.05) is 20.8 Å². The fourth-order valence-corrected chi connectivity index (χ4v) is 5.78. The lowest BCUT2D eigenvalue weighted by atomic mass is 9.83. The highest BCUT2D eigenvalue weighted by Crippen LogP contribution is 2.45. The summed E-state index contributed by atoms with van der Waals surface area (Å²) >= 11 is 0. The molecule has 3 atom stereocenters. The number of esters is 1. The summed E-state index contributed by atoms with van der Waals surface area (Å²) in [7, 11) is 0. The van der Waals surface area contributed by atoms with Gasteiger partial charge in [-0.25, -0.2) is 0 Å². The molecule has 0 spiro atoms. The number of aliphatic carboxylic acids is 1. The minimum absolute atomic E-state index is 0.187. The van der Waals surface area contributed by atoms with Crippen molar-refractivity contribution in [2.45, 2.75) is 144 Å². The summed E-state index contributed by atoms with van der Waals surface area (Å²) in [4.78, 5) is 22.9. The molecule has 0 saturated heterocycles. The van der Waals surface area contributed by atoms with Gasteiger partial charge in [-0.15, -0.1) is 0 Å². The van der Waals surface area contributed by atoms with Gasteiger partial charge in [0.25, 0.3) is 0 Å². The Kier molecular flexibility index (Phi) is 17.3. The molecule has 4 N–H and O–H groups in total. The number of carbonyl (C=O) groups is 2. The summed E-state index contributed by atoms with van der Waals surface area (Å²) in [5.74, 6) is 2.09. The molecule has 0 amide bonds. The maximum absolute atomic E-state index is 12.2. The summed E-state index contributed by atoms with van der Waals surface area (Å²) in [6, 6.07) is 0. The molecule has 0 saturated carbocycles. The molecule has 7 heteroatoms. The minimum atomic E-state index is -1.25. The average molecular weight is 592 g/mol. The van der Waals surface area contributed by atoms with Gasteiger partial charge < -0.3 is 30.2 Å². The van der Waals surface area contributed by atoms with E-state index in [4.69, 9.17) is 14.6 Å². The molecule has 0 aliphatic carbocycles. The van der Waals surface area contributed by atoms with Crippen molar-refractivity contribution in [2.24, 2.45) is 17.8 Å². The Morgan fingerprint density at radius 2 is 1.48 bits per heavy atom. The van der Waals surface area contributed by atoms with E-state index in [2.05, 4.69) is 40.4 Å². The Morgan fingerprint density at radius 3 is 2.00 bits per heavy atom. The Balaban J connectivity index is 0.00000206. The van der Waals surface area contributed by atoms with Crippen molar-refractivity contribution in [1.29, 1.82) is 0 Å². The van der Waals surface area contributed by atoms with E-state index in [9.17, 15) is 14.7 Å². The smallest absolute Gasteiger partial charge is 0.311 e. The first-order chi connectivity index (χ1) is 19.7. The van der Waals surface area contributed by atoms with E-state index in [1.54, 1.807) is 0 Å². The van der Waals surface area contributed by atoms with Gasteiger partial charge in [-0.1, -0.05) is 72.6 Å². The van der Waals surface area contributed by atoms with Crippen molar-refractivity contribution in [3.8, 4) is 11.5 Å². The van der Waals surface area contributed by atoms with Crippen molar-refractivity contribution in [3.05, 3.63) is 22.3 Å². The van der Waals surface area contributed by atoms with E-state index < -0.39 is 11.9 Å². The Hall–Kier alpha value is -2.12. The number of rotatable bonds is 17. The van der Waals surface area contributed by atoms with E-state index in [0.29, 0.717) is 12.3 Å². The number of benzene rings is 1. The molecule has 1 aliphatic rings. The predicted octanol–water partition coefficient (Wildman–Crippen LogP) is 5.79. The molecule has 1 aliphatic heterocycles. The second-order valence-electron chi connectivity index (χ2n) is 13.3. The number of ether oxygens (including phenoxy) is 2. The Bertz CT molecular complexity index is 973. The molecule has 242 valence electrons. The normalized spacial score (nSPS) is 17.5. The van der Waals surface area contributed by atoms with Crippen LogP contribution in [0.4, 0.5) is 0 Å². The molecule has 42 heavy (non-hydrogen) atoms. The number of carboxylic acids is 1. The van der Waals surface area contributed by atoms with Crippen LogP contribution in [-0.2, 0) is 16.0 Å². The maximum atomic E-state index is 12.2. The lowest BCUT2D eigenvalue weighted by molar-refractivity contribution is -0.372. The third kappa shape index (κ3) is 13.5. The van der Waals surface area contributed by atoms with Crippen LogP contribution in [0.25, 0.3) is 0 Å². The summed E-state index contributed by atoms with van der Waals surface area (Å²) < 4.78 is 12.3. The van der Waals surface area contributed by atoms with Crippen LogP contribution in [0.3, 0.4) is 0 Å². The molecule has 1 aromatic rings. The highest BCUT2D eigenvalue weighted by molar-refractivity contribution is 5.78. The van der Waals surface area contributed by atoms with Gasteiger partial charge in [-0.2, -0.15) is 0 Å². The fourth-order valence-electron chi connectivity index (χ4n) is 5.78. The van der Waals surface area contributed by atoms with Crippen LogP contribution in [-0.4, -0.2) is 35.8 Å². The first-order valence-corrected chi connectivity index (χ1v) is 16.4. The number of carboxylic acid groups (broad SMARTS) is 1. The number of fused-ring (bicyclic) bond motifs is 1. The molecule has 0 radical (unpaired) electrons. The molecule has 1 heterocycles. The molecule has 7 nitrogen and oxygen atoms in total. The lowest BCUT2D eigenvalue weighted by Crippen LogP contribution is -2.51. The highest BCUT2D eigenvalue weighted by Gasteiger charge is 2.34. The van der Waals surface area contributed by atoms with Gasteiger partial charge in [-0.3, -0.25) is 4.79 Å². The molecular weight excluding hydrogens is 530 g/mol. The molecule has 2 rings (SSSR count). The minimum Gasteiger partial charge on any atom is -0.550 e. The van der Waals surface area contributed by atoms with Crippen LogP contribution in [0, 0.1) is 38.5 Å². The third-order valence-electron chi connectivity index (χ3n) is 8.75. The van der Waals surface area contributed by atoms with Crippen LogP contribution >= 0.6 is 0 Å². The molecule has 0 aromatic heterocycles. The van der Waals surface area contributed by atoms with Crippen molar-refractivity contribution >= 4 is 11.9 Å². The monoisotopic (exact) mass is 591 g/mol. The zero-order valence-corrected chi connectivity index (χ0v) is 28.0. The second kappa shape index (κ2) is 19.2. The summed E-state index contributed by atoms with van der Waals surface area (Å²) in [5.41, 5.74) is 7.05. The van der Waals surface area contributed by atoms with Gasteiger partial charge in [0, 0.05) is 11.5 Å². The van der Waals surface area contributed by atoms with Crippen molar-refractivity contribution in [3.63, 3.8) is 0 Å². The largest absolute Gasteiger partial charge is 0.550 e. The van der Waals surface area contributed by atoms with Crippen LogP contribution in [0.5, 0.6) is 11.5 Å². The lowest BCUT2D eigenvalue weighted by Gasteiger charge is -2.38. The number of quaternary nitrogens is 1. The van der Waals surface area contributed by atoms with Gasteiger partial charge in [-0.05, 0) is 94.2 Å². The number of hydrogen-bond donors (Lipinski definition) is 2. The number of hydrogen-bond acceptors (Lipinski definition) is 6. The van der Waals surface area contributed by atoms with E-state index in [0.717, 1.165) is 65.0 Å². The fraction of sp³-hybridized carbons (Fsp3) is 0.771. The molecule has 0 bridgehead atoms. The van der Waals surface area contributed by atoms with Crippen LogP contribution in [0.2, 0.25) is 0 Å². The third-order valence-corrected chi connectivity index (χ3v) is 8.75. The predicted molar refractivity (Wildman–Crippen MR) is 167 cm³/mol. The molecule has 3 unspecified atom stereocenters. The van der Waals surface area contributed by atoms with Gasteiger partial charge in [0.05, 0.1) is 19.6 Å². The molecule has 0 fully saturated rings. The van der Waals surface area contributed by atoms with Crippen LogP contribution < -0.4 is 20.3 Å². The number of carbonyl (C=O) groups excluding carboxylic acids is 2. The summed E-state index contributed by atoms with van der Waals surface area (Å²) in [5, 5.41) is 18.5. The molecular formula is C35H61NO6. The zero-order valence-electron chi connectivity index (χ0n) is 28.0. The van der Waals surface area contributed by atoms with E-state index in [-0.39, 0.29) is 25.0 Å². The quantitative estimate of drug-likeness (QED) is 0.175. The Morgan fingerprint density at radius 1 is 0.929 bits per heavy atom. The number of aliphatic hydroxyl groups is 1. The van der Waals surface area contributed by atoms with E-state index >= 15 is 0 Å². The average Bonchev–Trinajstić information content (AvgIpc) is 2.92. The van der Waals surface area contributed by atoms with Crippen molar-refractivity contribution in [1.82, 2.24) is 0 Å². The van der Waals surface area contributed by atoms with Gasteiger partial charge in [0.1, 0.15) is 17.1 Å². The Labute approximate surface area is 255 Å². The number of aliphatic hydroxyl groups excluding tert-OH is 1. The van der Waals surface area contributed by atoms with Gasteiger partial charge in [0.2, 0.25) is 0 Å². The second-order valence-corrected chi connectivity index (χ2v) is 13.3. The maximum Gasteiger partial charge on any atom is 0.311 e. The standard InChI is InChI=1S/C33H54O5.C2H7NO/c1-22(2)12-9-13-23(3)14-10-15-24(4)16-11-20-33(8)21-19-28-27(7)31(25(5)26(6)32(28)38-33)37-30(36)18-17-29(34)35;3-1-2-4/h22-24H,9-21H2,1-8H3,(H,34,35);4H,1-3H2. The summed E-state index contributed by atoms with van der Waals surface area (Å²) in [6.45, 7) is 18.4. The van der Waals surface area contributed by atoms with Crippen molar-refractivity contribution in [2.75, 3.05) is 13.2 Å². The molecule has 1 aromatic carbocycles. The summed E-state index contributed by atoms with van der Waals surface area (Å²) in [6.07, 6.45) is 12.8. The first kappa shape index (κ1) is 37.9. The van der Waals surface area contributed by atoms with E-state index in [1.165, 1.54) is 51.4 Å². The topological polar surface area (TPSA) is 124 Å². The SMILES string of the molecule is Cc1c(C)c2c(c(C)c1OC(=O)CCC(=O)[O-])CCC(C)(CCCC(C)CCCC(C)CCCC(C)C)O2.[NH3+]CCO. The zero-order chi connectivity index (χ0) is 31.9. The van der Waals surface area contributed by atoms with Crippen molar-refractivity contribution < 1.29 is 35.0 Å². The highest BCUT2D eigenvalue weighted by atomic mass is 16.5. The van der Waals surface area contributed by atoms with Gasteiger partial charge in [0.15, 0.2) is 0 Å². The van der Waals surface area contributed by atoms with Crippen LogP contribution in [0.1, 0.15) is 134 Å². The van der Waals surface area contributed by atoms with Gasteiger partial charge >= 0.3 is 5.97 Å².